The van der Waals surface area contributed by atoms with Gasteiger partial charge in [-0.15, -0.1) is 0 Å². The molecule has 148 valence electrons. The molecule has 0 aromatic heterocycles. The van der Waals surface area contributed by atoms with Gasteiger partial charge in [-0.3, -0.25) is 0 Å². The van der Waals surface area contributed by atoms with Gasteiger partial charge < -0.3 is 4.43 Å². The van der Waals surface area contributed by atoms with E-state index in [-0.39, 0.29) is 0 Å². The van der Waals surface area contributed by atoms with Crippen LogP contribution < -0.4 is 0 Å². The lowest BCUT2D eigenvalue weighted by atomic mass is 9.79. The summed E-state index contributed by atoms with van der Waals surface area (Å²) in [5.41, 5.74) is 0. The van der Waals surface area contributed by atoms with Gasteiger partial charge in [0, 0.05) is 12.0 Å². The fourth-order valence-electron chi connectivity index (χ4n) is 4.53. The first kappa shape index (κ1) is 21.8. The van der Waals surface area contributed by atoms with E-state index in [9.17, 15) is 0 Å². The van der Waals surface area contributed by atoms with Gasteiger partial charge in [-0.2, -0.15) is 0 Å². The molecule has 0 bridgehead atoms. The molecular weight excluding hydrogens is 332 g/mol. The molecule has 2 rings (SSSR count). The Morgan fingerprint density at radius 1 is 0.923 bits per heavy atom. The summed E-state index contributed by atoms with van der Waals surface area (Å²) in [6, 6.07) is 0. The maximum absolute atomic E-state index is 6.25. The average molecular weight is 375 g/mol. The van der Waals surface area contributed by atoms with Crippen LogP contribution in [0.2, 0.25) is 19.6 Å². The molecule has 0 spiro atoms. The van der Waals surface area contributed by atoms with Crippen LogP contribution in [0.4, 0.5) is 0 Å². The third kappa shape index (κ3) is 8.91. The van der Waals surface area contributed by atoms with Crippen molar-refractivity contribution in [1.29, 1.82) is 0 Å². The minimum atomic E-state index is -1.38. The summed E-state index contributed by atoms with van der Waals surface area (Å²) in [6.07, 6.45) is 21.2. The zero-order valence-corrected chi connectivity index (χ0v) is 18.9. The van der Waals surface area contributed by atoms with Gasteiger partial charge in [0.2, 0.25) is 0 Å². The Kier molecular flexibility index (Phi) is 9.50. The number of hydrogen-bond acceptors (Lipinski definition) is 1. The fraction of sp³-hybridized carbons (Fsp3) is 0.833. The molecule has 0 radical (unpaired) electrons. The molecule has 0 N–H and O–H groups in total. The van der Waals surface area contributed by atoms with E-state index in [1.165, 1.54) is 77.0 Å². The van der Waals surface area contributed by atoms with Crippen molar-refractivity contribution in [2.75, 3.05) is 0 Å². The summed E-state index contributed by atoms with van der Waals surface area (Å²) in [5, 5.41) is 0. The van der Waals surface area contributed by atoms with Crippen LogP contribution in [-0.2, 0) is 4.43 Å². The Morgan fingerprint density at radius 2 is 1.62 bits per heavy atom. The predicted octanol–water partition coefficient (Wildman–Crippen LogP) is 7.34. The minimum absolute atomic E-state index is 0.503. The highest BCUT2D eigenvalue weighted by Gasteiger charge is 2.25. The highest BCUT2D eigenvalue weighted by molar-refractivity contribution is 6.69. The summed E-state index contributed by atoms with van der Waals surface area (Å²) in [7, 11) is -1.38. The van der Waals surface area contributed by atoms with Gasteiger partial charge in [0.15, 0.2) is 8.32 Å². The zero-order chi connectivity index (χ0) is 18.8. The number of allylic oxidation sites excluding steroid dienone is 2. The third-order valence-electron chi connectivity index (χ3n) is 6.04. The standard InChI is InChI=1S/C24H42OSi/c1-5-6-7-10-21-13-15-22(16-14-21)11-8-9-12-23-17-19-24(20-18-23)25-26(2,3)4/h8,11,21-24H,5-7,10,13-20H2,1-4H3/b11-8+. The predicted molar refractivity (Wildman–Crippen MR) is 117 cm³/mol. The third-order valence-corrected chi connectivity index (χ3v) is 7.08. The molecule has 0 atom stereocenters. The Bertz CT molecular complexity index is 463. The first-order valence-electron chi connectivity index (χ1n) is 11.3. The van der Waals surface area contributed by atoms with Crippen LogP contribution >= 0.6 is 0 Å². The van der Waals surface area contributed by atoms with E-state index in [1.54, 1.807) is 0 Å². The van der Waals surface area contributed by atoms with Crippen LogP contribution in [0.3, 0.4) is 0 Å². The second-order valence-corrected chi connectivity index (χ2v) is 14.1. The second-order valence-electron chi connectivity index (χ2n) is 9.63. The molecule has 2 aliphatic carbocycles. The summed E-state index contributed by atoms with van der Waals surface area (Å²) >= 11 is 0. The molecule has 0 saturated heterocycles. The molecular formula is C24H42OSi. The number of hydrogen-bond donors (Lipinski definition) is 0. The van der Waals surface area contributed by atoms with Crippen LogP contribution in [-0.4, -0.2) is 14.4 Å². The molecule has 26 heavy (non-hydrogen) atoms. The highest BCUT2D eigenvalue weighted by atomic mass is 28.4. The molecule has 1 nitrogen and oxygen atoms in total. The second kappa shape index (κ2) is 11.3. The summed E-state index contributed by atoms with van der Waals surface area (Å²) in [4.78, 5) is 0. The molecule has 2 heteroatoms. The van der Waals surface area contributed by atoms with Crippen LogP contribution in [0, 0.1) is 29.6 Å². The van der Waals surface area contributed by atoms with Crippen molar-refractivity contribution in [2.45, 2.75) is 110 Å². The number of unbranched alkanes of at least 4 members (excludes halogenated alkanes) is 2. The van der Waals surface area contributed by atoms with Crippen LogP contribution in [0.1, 0.15) is 84.0 Å². The lowest BCUT2D eigenvalue weighted by Gasteiger charge is -2.31. The molecule has 0 aromatic carbocycles. The zero-order valence-electron chi connectivity index (χ0n) is 17.9. The summed E-state index contributed by atoms with van der Waals surface area (Å²) < 4.78 is 6.25. The first-order chi connectivity index (χ1) is 12.5. The molecule has 0 heterocycles. The van der Waals surface area contributed by atoms with Crippen LogP contribution in [0.5, 0.6) is 0 Å². The van der Waals surface area contributed by atoms with Gasteiger partial charge in [0.05, 0.1) is 0 Å². The van der Waals surface area contributed by atoms with Gasteiger partial charge in [-0.05, 0) is 88.9 Å². The molecule has 0 amide bonds. The minimum Gasteiger partial charge on any atom is -0.415 e. The Labute approximate surface area is 164 Å². The van der Waals surface area contributed by atoms with E-state index in [1.807, 2.05) is 0 Å². The lowest BCUT2D eigenvalue weighted by molar-refractivity contribution is 0.136. The fourth-order valence-corrected chi connectivity index (χ4v) is 5.76. The Morgan fingerprint density at radius 3 is 2.23 bits per heavy atom. The van der Waals surface area contributed by atoms with Crippen molar-refractivity contribution in [3.05, 3.63) is 12.2 Å². The number of rotatable bonds is 7. The quantitative estimate of drug-likeness (QED) is 0.257. The molecule has 0 aromatic rings. The van der Waals surface area contributed by atoms with Crippen molar-refractivity contribution >= 4 is 8.32 Å². The van der Waals surface area contributed by atoms with Crippen molar-refractivity contribution in [2.24, 2.45) is 17.8 Å². The highest BCUT2D eigenvalue weighted by Crippen LogP contribution is 2.32. The summed E-state index contributed by atoms with van der Waals surface area (Å²) in [6.45, 7) is 9.18. The van der Waals surface area contributed by atoms with E-state index in [2.05, 4.69) is 50.6 Å². The van der Waals surface area contributed by atoms with Gasteiger partial charge in [0.1, 0.15) is 0 Å². The normalized spacial score (nSPS) is 30.2. The largest absolute Gasteiger partial charge is 0.415 e. The SMILES string of the molecule is CCCCCC1CCC(/C=C/C#CC2CCC(O[Si](C)(C)C)CC2)CC1. The van der Waals surface area contributed by atoms with E-state index < -0.39 is 8.32 Å². The Hall–Kier alpha value is -0.523. The van der Waals surface area contributed by atoms with Crippen molar-refractivity contribution in [1.82, 2.24) is 0 Å². The summed E-state index contributed by atoms with van der Waals surface area (Å²) in [5.74, 6) is 9.25. The van der Waals surface area contributed by atoms with E-state index in [0.717, 1.165) is 11.8 Å². The topological polar surface area (TPSA) is 9.23 Å². The van der Waals surface area contributed by atoms with Gasteiger partial charge >= 0.3 is 0 Å². The van der Waals surface area contributed by atoms with Crippen LogP contribution in [0.15, 0.2) is 12.2 Å². The van der Waals surface area contributed by atoms with Crippen molar-refractivity contribution in [3.63, 3.8) is 0 Å². The molecule has 2 fully saturated rings. The monoisotopic (exact) mass is 374 g/mol. The van der Waals surface area contributed by atoms with Gasteiger partial charge in [-0.1, -0.05) is 50.5 Å². The van der Waals surface area contributed by atoms with Crippen molar-refractivity contribution in [3.8, 4) is 11.8 Å². The van der Waals surface area contributed by atoms with Crippen LogP contribution in [0.25, 0.3) is 0 Å². The first-order valence-corrected chi connectivity index (χ1v) is 14.7. The van der Waals surface area contributed by atoms with E-state index in [0.29, 0.717) is 12.0 Å². The average Bonchev–Trinajstić information content (AvgIpc) is 2.60. The molecule has 0 aliphatic heterocycles. The Balaban J connectivity index is 1.62. The molecule has 0 unspecified atom stereocenters. The molecule has 2 saturated carbocycles. The van der Waals surface area contributed by atoms with Gasteiger partial charge in [-0.25, -0.2) is 0 Å². The van der Waals surface area contributed by atoms with Gasteiger partial charge in [0.25, 0.3) is 0 Å². The van der Waals surface area contributed by atoms with E-state index in [4.69, 9.17) is 4.43 Å². The maximum atomic E-state index is 6.25. The smallest absolute Gasteiger partial charge is 0.184 e. The maximum Gasteiger partial charge on any atom is 0.184 e. The van der Waals surface area contributed by atoms with Crippen molar-refractivity contribution < 1.29 is 4.43 Å². The van der Waals surface area contributed by atoms with E-state index >= 15 is 0 Å². The lowest BCUT2D eigenvalue weighted by Crippen LogP contribution is -2.34. The molecule has 2 aliphatic rings.